The summed E-state index contributed by atoms with van der Waals surface area (Å²) in [5, 5.41) is 0. The Hall–Kier alpha value is -2.50. The van der Waals surface area contributed by atoms with Crippen LogP contribution in [0.5, 0.6) is 0 Å². The molecule has 1 amide bonds. The van der Waals surface area contributed by atoms with Crippen LogP contribution in [0.4, 0.5) is 10.1 Å². The molecule has 1 spiro atoms. The predicted molar refractivity (Wildman–Crippen MR) is 125 cm³/mol. The number of carbonyl (C=O) groups is 1. The minimum atomic E-state index is -0.235. The molecule has 0 unspecified atom stereocenters. The molecule has 5 heteroatoms. The Labute approximate surface area is 190 Å². The first-order valence-corrected chi connectivity index (χ1v) is 11.5. The molecule has 3 aromatic rings. The van der Waals surface area contributed by atoms with Crippen LogP contribution >= 0.6 is 15.9 Å². The Morgan fingerprint density at radius 3 is 2.48 bits per heavy atom. The van der Waals surface area contributed by atoms with E-state index in [1.807, 2.05) is 35.2 Å². The second-order valence-corrected chi connectivity index (χ2v) is 9.52. The van der Waals surface area contributed by atoms with Gasteiger partial charge in [-0.15, -0.1) is 0 Å². The van der Waals surface area contributed by atoms with Gasteiger partial charge < -0.3 is 4.90 Å². The second-order valence-electron chi connectivity index (χ2n) is 8.61. The summed E-state index contributed by atoms with van der Waals surface area (Å²) in [6.45, 7) is 3.40. The van der Waals surface area contributed by atoms with E-state index in [4.69, 9.17) is 0 Å². The normalized spacial score (nSPS) is 17.7. The summed E-state index contributed by atoms with van der Waals surface area (Å²) >= 11 is 3.46. The van der Waals surface area contributed by atoms with Crippen LogP contribution < -0.4 is 4.90 Å². The minimum absolute atomic E-state index is 0.0299. The molecule has 1 saturated heterocycles. The summed E-state index contributed by atoms with van der Waals surface area (Å²) < 4.78 is 15.1. The van der Waals surface area contributed by atoms with Gasteiger partial charge in [0.05, 0.1) is 0 Å². The summed E-state index contributed by atoms with van der Waals surface area (Å²) in [5.41, 5.74) is 3.59. The van der Waals surface area contributed by atoms with E-state index in [0.29, 0.717) is 12.1 Å². The highest BCUT2D eigenvalue weighted by Gasteiger charge is 2.46. The fourth-order valence-electron chi connectivity index (χ4n) is 5.01. The first-order chi connectivity index (χ1) is 15.0. The van der Waals surface area contributed by atoms with E-state index in [2.05, 4.69) is 45.1 Å². The smallest absolute Gasteiger partial charge is 0.258 e. The van der Waals surface area contributed by atoms with Crippen LogP contribution in [-0.2, 0) is 12.0 Å². The molecule has 3 nitrogen and oxygen atoms in total. The highest BCUT2D eigenvalue weighted by atomic mass is 79.9. The summed E-state index contributed by atoms with van der Waals surface area (Å²) in [5.74, 6) is -0.264. The van der Waals surface area contributed by atoms with Crippen LogP contribution in [0.25, 0.3) is 0 Å². The third kappa shape index (κ3) is 3.92. The quantitative estimate of drug-likeness (QED) is 0.476. The van der Waals surface area contributed by atoms with E-state index in [9.17, 15) is 9.18 Å². The molecule has 0 saturated carbocycles. The maximum absolute atomic E-state index is 14.2. The van der Waals surface area contributed by atoms with Crippen molar-refractivity contribution in [3.8, 4) is 0 Å². The molecule has 3 aromatic carbocycles. The number of carbonyl (C=O) groups excluding carboxylic acids is 1. The van der Waals surface area contributed by atoms with Crippen molar-refractivity contribution in [1.82, 2.24) is 4.90 Å². The highest BCUT2D eigenvalue weighted by Crippen LogP contribution is 2.48. The van der Waals surface area contributed by atoms with Crippen LogP contribution in [0.15, 0.2) is 77.3 Å². The zero-order valence-corrected chi connectivity index (χ0v) is 18.8. The number of piperidine rings is 1. The van der Waals surface area contributed by atoms with Gasteiger partial charge in [0.1, 0.15) is 5.82 Å². The van der Waals surface area contributed by atoms with Gasteiger partial charge in [0.2, 0.25) is 0 Å². The molecular weight excluding hydrogens is 455 g/mol. The number of likely N-dealkylation sites (tertiary alicyclic amines) is 1. The summed E-state index contributed by atoms with van der Waals surface area (Å²) in [4.78, 5) is 17.7. The molecule has 0 atom stereocenters. The third-order valence-electron chi connectivity index (χ3n) is 6.66. The van der Waals surface area contributed by atoms with E-state index >= 15 is 0 Å². The summed E-state index contributed by atoms with van der Waals surface area (Å²) in [7, 11) is 0. The molecule has 2 aliphatic rings. The lowest BCUT2D eigenvalue weighted by Crippen LogP contribution is -2.45. The van der Waals surface area contributed by atoms with E-state index in [1.54, 1.807) is 12.1 Å². The lowest BCUT2D eigenvalue weighted by atomic mass is 9.74. The third-order valence-corrected chi connectivity index (χ3v) is 7.15. The number of halogens is 2. The van der Waals surface area contributed by atoms with Crippen LogP contribution in [-0.4, -0.2) is 30.4 Å². The molecule has 5 rings (SSSR count). The lowest BCUT2D eigenvalue weighted by molar-refractivity contribution is 0.0975. The molecular formula is C26H24BrFN2O. The van der Waals surface area contributed by atoms with Gasteiger partial charge in [-0.1, -0.05) is 52.3 Å². The van der Waals surface area contributed by atoms with Gasteiger partial charge in [-0.3, -0.25) is 9.69 Å². The first kappa shape index (κ1) is 20.4. The number of hydrogen-bond acceptors (Lipinski definition) is 2. The maximum atomic E-state index is 14.2. The molecule has 158 valence electrons. The molecule has 1 fully saturated rings. The number of fused-ring (bicyclic) bond motifs is 2. The molecule has 31 heavy (non-hydrogen) atoms. The first-order valence-electron chi connectivity index (χ1n) is 10.7. The molecule has 0 bridgehead atoms. The Morgan fingerprint density at radius 2 is 1.74 bits per heavy atom. The Kier molecular flexibility index (Phi) is 5.40. The van der Waals surface area contributed by atoms with Gasteiger partial charge in [-0.2, -0.15) is 0 Å². The molecule has 0 aromatic heterocycles. The lowest BCUT2D eigenvalue weighted by Gasteiger charge is -2.40. The van der Waals surface area contributed by atoms with E-state index in [0.717, 1.165) is 48.2 Å². The van der Waals surface area contributed by atoms with Gasteiger partial charge in [-0.25, -0.2) is 4.39 Å². The number of hydrogen-bond donors (Lipinski definition) is 0. The Balaban J connectivity index is 1.40. The van der Waals surface area contributed by atoms with E-state index in [1.165, 1.54) is 11.6 Å². The van der Waals surface area contributed by atoms with Crippen molar-refractivity contribution >= 4 is 27.5 Å². The summed E-state index contributed by atoms with van der Waals surface area (Å²) in [6, 6.07) is 22.8. The van der Waals surface area contributed by atoms with Gasteiger partial charge in [-0.05, 0) is 73.5 Å². The van der Waals surface area contributed by atoms with Crippen molar-refractivity contribution in [3.63, 3.8) is 0 Å². The standard InChI is InChI=1S/C26H24BrFN2O/c27-21-8-4-7-20(15-21)25(31)30-18-26(23-16-22(28)9-10-24(23)30)11-13-29(14-12-26)17-19-5-2-1-3-6-19/h1-10,15-16H,11-14,17-18H2. The number of amides is 1. The van der Waals surface area contributed by atoms with Crippen LogP contribution in [0, 0.1) is 5.82 Å². The molecule has 0 radical (unpaired) electrons. The average molecular weight is 479 g/mol. The van der Waals surface area contributed by atoms with E-state index in [-0.39, 0.29) is 17.1 Å². The van der Waals surface area contributed by atoms with Crippen molar-refractivity contribution < 1.29 is 9.18 Å². The fourth-order valence-corrected chi connectivity index (χ4v) is 5.41. The fraction of sp³-hybridized carbons (Fsp3) is 0.269. The van der Waals surface area contributed by atoms with Crippen LogP contribution in [0.1, 0.15) is 34.3 Å². The predicted octanol–water partition coefficient (Wildman–Crippen LogP) is 5.78. The average Bonchev–Trinajstić information content (AvgIpc) is 3.09. The Bertz CT molecular complexity index is 1110. The van der Waals surface area contributed by atoms with Gasteiger partial charge in [0, 0.05) is 34.2 Å². The largest absolute Gasteiger partial charge is 0.307 e. The van der Waals surface area contributed by atoms with Crippen molar-refractivity contribution in [3.05, 3.63) is 99.8 Å². The van der Waals surface area contributed by atoms with Crippen LogP contribution in [0.2, 0.25) is 0 Å². The SMILES string of the molecule is O=C(c1cccc(Br)c1)N1CC2(CCN(Cc3ccccc3)CC2)c2cc(F)ccc21. The number of benzene rings is 3. The number of rotatable bonds is 3. The molecule has 0 N–H and O–H groups in total. The molecule has 2 aliphatic heterocycles. The zero-order chi connectivity index (χ0) is 21.4. The molecule has 2 heterocycles. The Morgan fingerprint density at radius 1 is 0.968 bits per heavy atom. The van der Waals surface area contributed by atoms with E-state index < -0.39 is 0 Å². The van der Waals surface area contributed by atoms with Crippen molar-refractivity contribution in [2.24, 2.45) is 0 Å². The van der Waals surface area contributed by atoms with Gasteiger partial charge in [0.15, 0.2) is 0 Å². The topological polar surface area (TPSA) is 23.6 Å². The number of anilines is 1. The van der Waals surface area contributed by atoms with Crippen molar-refractivity contribution in [2.75, 3.05) is 24.5 Å². The maximum Gasteiger partial charge on any atom is 0.258 e. The van der Waals surface area contributed by atoms with Crippen LogP contribution in [0.3, 0.4) is 0 Å². The number of nitrogens with zero attached hydrogens (tertiary/aromatic N) is 2. The molecule has 0 aliphatic carbocycles. The minimum Gasteiger partial charge on any atom is -0.307 e. The highest BCUT2D eigenvalue weighted by molar-refractivity contribution is 9.10. The zero-order valence-electron chi connectivity index (χ0n) is 17.2. The van der Waals surface area contributed by atoms with Crippen molar-refractivity contribution in [2.45, 2.75) is 24.8 Å². The second kappa shape index (κ2) is 8.21. The van der Waals surface area contributed by atoms with Gasteiger partial charge in [0.25, 0.3) is 5.91 Å². The van der Waals surface area contributed by atoms with Gasteiger partial charge >= 0.3 is 0 Å². The van der Waals surface area contributed by atoms with Crippen molar-refractivity contribution in [1.29, 1.82) is 0 Å². The summed E-state index contributed by atoms with van der Waals surface area (Å²) in [6.07, 6.45) is 1.83. The monoisotopic (exact) mass is 478 g/mol.